The van der Waals surface area contributed by atoms with Crippen LogP contribution in [0.2, 0.25) is 0 Å². The standard InChI is InChI=1S/C39H44N4O12S2/c1-20-23(54-28-19-52-14-13-40-28)9-10-30(53-20)55-25-17-39(50,26(18-44)42-43-27(45)11-15-56-57-29-8-3-4-12-41-29)16-22-32(25)38(49)34-33(36(22)47)35(46)21-6-5-7-24(51-2)31(21)37(34)48/h3-8,12,20,23,25,28,30,40,44,47,49-50H,9-11,13-19H2,1-2H3,(H,43,45)/b42-26+/t20-,23-,25-,28+,30-,39-/m0/s1. The number of nitrogens with one attached hydrogen (secondary N) is 2. The average molecular weight is 825 g/mol. The number of benzene rings is 2. The predicted octanol–water partition coefficient (Wildman–Crippen LogP) is 3.16. The van der Waals surface area contributed by atoms with Gasteiger partial charge in [0.25, 0.3) is 0 Å². The number of phenols is 2. The second-order valence-electron chi connectivity index (χ2n) is 14.0. The maximum Gasteiger partial charge on any atom is 0.240 e. The molecule has 0 radical (unpaired) electrons. The number of aromatic nitrogens is 1. The first-order chi connectivity index (χ1) is 27.5. The maximum atomic E-state index is 14.1. The summed E-state index contributed by atoms with van der Waals surface area (Å²) in [5.41, 5.74) is -1.03. The van der Waals surface area contributed by atoms with Crippen LogP contribution in [-0.4, -0.2) is 118 Å². The molecule has 2 aliphatic carbocycles. The number of fused-ring (bicyclic) bond motifs is 3. The molecule has 2 fully saturated rings. The van der Waals surface area contributed by atoms with Gasteiger partial charge in [0.05, 0.1) is 67.6 Å². The van der Waals surface area contributed by atoms with Gasteiger partial charge in [-0.25, -0.2) is 10.4 Å². The molecule has 2 aliphatic heterocycles. The predicted molar refractivity (Wildman–Crippen MR) is 208 cm³/mol. The first-order valence-electron chi connectivity index (χ1n) is 18.6. The van der Waals surface area contributed by atoms with Gasteiger partial charge in [0.2, 0.25) is 11.7 Å². The summed E-state index contributed by atoms with van der Waals surface area (Å²) in [6.07, 6.45) is -1.45. The van der Waals surface area contributed by atoms with E-state index in [9.17, 15) is 34.8 Å². The third-order valence-corrected chi connectivity index (χ3v) is 12.7. The molecule has 1 amide bonds. The van der Waals surface area contributed by atoms with E-state index < -0.39 is 77.2 Å². The Morgan fingerprint density at radius 2 is 1.91 bits per heavy atom. The van der Waals surface area contributed by atoms with E-state index in [4.69, 9.17) is 23.7 Å². The normalized spacial score (nSPS) is 26.0. The first-order valence-corrected chi connectivity index (χ1v) is 20.9. The number of methoxy groups -OCH3 is 1. The Hall–Kier alpha value is -4.11. The Balaban J connectivity index is 1.17. The van der Waals surface area contributed by atoms with Crippen molar-refractivity contribution in [3.05, 3.63) is 76.0 Å². The van der Waals surface area contributed by atoms with E-state index >= 15 is 0 Å². The molecule has 16 nitrogen and oxygen atoms in total. The van der Waals surface area contributed by atoms with Gasteiger partial charge in [0, 0.05) is 60.9 Å². The minimum Gasteiger partial charge on any atom is -0.507 e. The Kier molecular flexibility index (Phi) is 12.8. The number of aliphatic hydroxyl groups excluding tert-OH is 1. The van der Waals surface area contributed by atoms with Crippen molar-refractivity contribution in [2.75, 3.05) is 39.2 Å². The van der Waals surface area contributed by atoms with Gasteiger partial charge in [0.15, 0.2) is 12.1 Å². The minimum atomic E-state index is -2.08. The van der Waals surface area contributed by atoms with E-state index in [1.807, 2.05) is 25.1 Å². The van der Waals surface area contributed by atoms with Gasteiger partial charge >= 0.3 is 0 Å². The van der Waals surface area contributed by atoms with Crippen LogP contribution >= 0.6 is 21.6 Å². The van der Waals surface area contributed by atoms with E-state index in [-0.39, 0.29) is 58.9 Å². The molecule has 3 heterocycles. The van der Waals surface area contributed by atoms with Crippen molar-refractivity contribution in [2.24, 2.45) is 5.10 Å². The van der Waals surface area contributed by atoms with Crippen LogP contribution in [0.15, 0.2) is 52.7 Å². The summed E-state index contributed by atoms with van der Waals surface area (Å²) in [6, 6.07) is 9.99. The summed E-state index contributed by atoms with van der Waals surface area (Å²) in [7, 11) is 4.19. The van der Waals surface area contributed by atoms with Crippen LogP contribution in [0.25, 0.3) is 0 Å². The van der Waals surface area contributed by atoms with Crippen LogP contribution in [0.4, 0.5) is 0 Å². The topological polar surface area (TPSA) is 228 Å². The molecule has 0 unspecified atom stereocenters. The molecular weight excluding hydrogens is 781 g/mol. The van der Waals surface area contributed by atoms with Gasteiger partial charge < -0.3 is 44.1 Å². The molecule has 304 valence electrons. The summed E-state index contributed by atoms with van der Waals surface area (Å²) < 4.78 is 29.8. The third kappa shape index (κ3) is 8.55. The SMILES string of the molecule is COc1cccc2c1C(=O)c1c(O)c3c(c(O)c1C2=O)C[C@@](O)(/C(CO)=N/NC(=O)CCSSc1ccccn1)C[C@@H]3O[C@H]1CC[C@H](O[C@@H]2COCCN2)[C@H](C)O1. The van der Waals surface area contributed by atoms with Crippen LogP contribution in [0, 0.1) is 0 Å². The molecule has 3 aromatic rings. The number of amides is 1. The number of aromatic hydroxyl groups is 2. The Morgan fingerprint density at radius 3 is 2.63 bits per heavy atom. The molecule has 6 N–H and O–H groups in total. The maximum absolute atomic E-state index is 14.1. The lowest BCUT2D eigenvalue weighted by atomic mass is 9.71. The largest absolute Gasteiger partial charge is 0.507 e. The van der Waals surface area contributed by atoms with E-state index in [1.54, 1.807) is 6.20 Å². The summed E-state index contributed by atoms with van der Waals surface area (Å²) in [4.78, 5) is 45.1. The van der Waals surface area contributed by atoms with Crippen LogP contribution in [0.1, 0.15) is 81.7 Å². The summed E-state index contributed by atoms with van der Waals surface area (Å²) in [6.45, 7) is 2.67. The number of nitrogens with zero attached hydrogens (tertiary/aromatic N) is 2. The van der Waals surface area contributed by atoms with E-state index in [2.05, 4.69) is 20.8 Å². The van der Waals surface area contributed by atoms with E-state index in [1.165, 1.54) is 46.9 Å². The summed E-state index contributed by atoms with van der Waals surface area (Å²) in [5, 5.41) is 54.8. The quantitative estimate of drug-likeness (QED) is 0.0374. The van der Waals surface area contributed by atoms with Crippen molar-refractivity contribution >= 4 is 44.8 Å². The van der Waals surface area contributed by atoms with Crippen LogP contribution in [-0.2, 0) is 30.2 Å². The molecule has 0 bridgehead atoms. The zero-order valence-electron chi connectivity index (χ0n) is 31.3. The van der Waals surface area contributed by atoms with Gasteiger partial charge in [-0.05, 0) is 42.3 Å². The van der Waals surface area contributed by atoms with Crippen molar-refractivity contribution < 1.29 is 58.5 Å². The third-order valence-electron chi connectivity index (χ3n) is 10.4. The highest BCUT2D eigenvalue weighted by atomic mass is 33.1. The number of ketones is 2. The lowest BCUT2D eigenvalue weighted by molar-refractivity contribution is -0.257. The second-order valence-corrected chi connectivity index (χ2v) is 16.5. The highest BCUT2D eigenvalue weighted by Gasteiger charge is 2.49. The van der Waals surface area contributed by atoms with Crippen molar-refractivity contribution in [1.29, 1.82) is 0 Å². The Labute approximate surface area is 336 Å². The number of pyridine rings is 1. The van der Waals surface area contributed by atoms with Gasteiger partial charge in [-0.2, -0.15) is 5.10 Å². The molecule has 6 atom stereocenters. The molecular formula is C39H44N4O12S2. The summed E-state index contributed by atoms with van der Waals surface area (Å²) in [5.74, 6) is -2.68. The second kappa shape index (κ2) is 17.8. The number of phenolic OH excluding ortho intramolecular Hbond substituents is 2. The van der Waals surface area contributed by atoms with Crippen LogP contribution < -0.4 is 15.5 Å². The van der Waals surface area contributed by atoms with Gasteiger partial charge in [0.1, 0.15) is 34.1 Å². The lowest BCUT2D eigenvalue weighted by Crippen LogP contribution is -2.50. The molecule has 2 saturated heterocycles. The van der Waals surface area contributed by atoms with Crippen LogP contribution in [0.3, 0.4) is 0 Å². The molecule has 1 aromatic heterocycles. The van der Waals surface area contributed by atoms with Crippen molar-refractivity contribution in [3.63, 3.8) is 0 Å². The number of rotatable bonds is 13. The van der Waals surface area contributed by atoms with Gasteiger partial charge in [-0.15, -0.1) is 0 Å². The summed E-state index contributed by atoms with van der Waals surface area (Å²) >= 11 is 0. The van der Waals surface area contributed by atoms with Crippen molar-refractivity contribution in [2.45, 2.75) is 80.5 Å². The number of hydrazone groups is 1. The van der Waals surface area contributed by atoms with E-state index in [0.717, 1.165) is 5.03 Å². The molecule has 18 heteroatoms. The Morgan fingerprint density at radius 1 is 1.09 bits per heavy atom. The molecule has 0 spiro atoms. The highest BCUT2D eigenvalue weighted by Crippen LogP contribution is 2.52. The lowest BCUT2D eigenvalue weighted by Gasteiger charge is -2.42. The number of ether oxygens (including phenoxy) is 5. The van der Waals surface area contributed by atoms with Crippen molar-refractivity contribution in [1.82, 2.24) is 15.7 Å². The Bertz CT molecular complexity index is 2030. The molecule has 57 heavy (non-hydrogen) atoms. The highest BCUT2D eigenvalue weighted by molar-refractivity contribution is 8.76. The van der Waals surface area contributed by atoms with Crippen LogP contribution in [0.5, 0.6) is 17.2 Å². The zero-order valence-corrected chi connectivity index (χ0v) is 32.9. The molecule has 4 aliphatic rings. The number of hydrogen-bond acceptors (Lipinski definition) is 17. The van der Waals surface area contributed by atoms with Gasteiger partial charge in [-0.1, -0.05) is 29.0 Å². The van der Waals surface area contributed by atoms with Crippen molar-refractivity contribution in [3.8, 4) is 17.2 Å². The number of carbonyl (C=O) groups is 3. The number of aliphatic hydroxyl groups is 2. The fraction of sp³-hybridized carbons (Fsp3) is 0.462. The zero-order chi connectivity index (χ0) is 40.3. The first kappa shape index (κ1) is 41.1. The smallest absolute Gasteiger partial charge is 0.240 e. The number of carbonyl (C=O) groups excluding carboxylic acids is 3. The monoisotopic (exact) mass is 824 g/mol. The number of hydrogen-bond donors (Lipinski definition) is 6. The fourth-order valence-electron chi connectivity index (χ4n) is 7.59. The number of morpholine rings is 1. The minimum absolute atomic E-state index is 0.0302. The fourth-order valence-corrected chi connectivity index (χ4v) is 9.46. The molecule has 0 saturated carbocycles. The molecule has 2 aromatic carbocycles. The molecule has 7 rings (SSSR count). The average Bonchev–Trinajstić information content (AvgIpc) is 3.21. The van der Waals surface area contributed by atoms with E-state index in [0.29, 0.717) is 38.4 Å². The van der Waals surface area contributed by atoms with Gasteiger partial charge in [-0.3, -0.25) is 19.7 Å².